The topological polar surface area (TPSA) is 77.9 Å². The second-order valence-corrected chi connectivity index (χ2v) is 10.6. The summed E-state index contributed by atoms with van der Waals surface area (Å²) < 4.78 is 32.4. The van der Waals surface area contributed by atoms with Gasteiger partial charge in [-0.05, 0) is 79.1 Å². The van der Waals surface area contributed by atoms with Crippen LogP contribution in [-0.2, 0) is 4.79 Å². The lowest BCUT2D eigenvalue weighted by atomic mass is 9.89. The van der Waals surface area contributed by atoms with Gasteiger partial charge in [-0.1, -0.05) is 30.9 Å². The molecule has 1 aromatic heterocycles. The monoisotopic (exact) mass is 555 g/mol. The molecule has 2 aromatic carbocycles. The van der Waals surface area contributed by atoms with Crippen molar-refractivity contribution in [2.24, 2.45) is 0 Å². The van der Waals surface area contributed by atoms with Gasteiger partial charge in [-0.25, -0.2) is 9.37 Å². The van der Waals surface area contributed by atoms with E-state index < -0.39 is 17.9 Å². The van der Waals surface area contributed by atoms with E-state index in [0.717, 1.165) is 51.8 Å². The third-order valence-electron chi connectivity index (χ3n) is 7.74. The van der Waals surface area contributed by atoms with Gasteiger partial charge in [0.25, 0.3) is 0 Å². The van der Waals surface area contributed by atoms with E-state index in [9.17, 15) is 4.79 Å². The molecule has 3 aromatic rings. The van der Waals surface area contributed by atoms with E-state index >= 15 is 4.39 Å². The summed E-state index contributed by atoms with van der Waals surface area (Å²) >= 11 is 0. The number of allylic oxidation sites excluding steroid dienone is 3. The number of aliphatic carboxylic acids is 1. The summed E-state index contributed by atoms with van der Waals surface area (Å²) in [5, 5.41) is 9.15. The Morgan fingerprint density at radius 1 is 1.12 bits per heavy atom. The van der Waals surface area contributed by atoms with Crippen LogP contribution in [0.15, 0.2) is 78.8 Å². The maximum Gasteiger partial charge on any atom is 0.304 e. The summed E-state index contributed by atoms with van der Waals surface area (Å²) in [6.07, 6.45) is 6.75. The highest BCUT2D eigenvalue weighted by Crippen LogP contribution is 2.40. The van der Waals surface area contributed by atoms with Crippen LogP contribution < -0.4 is 14.2 Å². The van der Waals surface area contributed by atoms with Gasteiger partial charge in [0, 0.05) is 40.9 Å². The first kappa shape index (κ1) is 28.1. The molecule has 0 bridgehead atoms. The van der Waals surface area contributed by atoms with E-state index in [2.05, 4.69) is 37.5 Å². The molecule has 7 heteroatoms. The van der Waals surface area contributed by atoms with Crippen molar-refractivity contribution in [3.05, 3.63) is 101 Å². The van der Waals surface area contributed by atoms with Crippen LogP contribution >= 0.6 is 0 Å². The summed E-state index contributed by atoms with van der Waals surface area (Å²) in [5.74, 6) is 0.268. The van der Waals surface area contributed by atoms with Crippen LogP contribution in [0.1, 0.15) is 53.9 Å². The Bertz CT molecular complexity index is 1520. The maximum atomic E-state index is 15.3. The molecule has 1 aliphatic carbocycles. The largest absolute Gasteiger partial charge is 0.492 e. The lowest BCUT2D eigenvalue weighted by molar-refractivity contribution is -0.137. The third kappa shape index (κ3) is 6.19. The van der Waals surface area contributed by atoms with Gasteiger partial charge in [-0.15, -0.1) is 0 Å². The molecule has 0 radical (unpaired) electrons. The van der Waals surface area contributed by atoms with Crippen molar-refractivity contribution in [3.63, 3.8) is 0 Å². The van der Waals surface area contributed by atoms with Gasteiger partial charge < -0.3 is 19.3 Å². The minimum atomic E-state index is -0.861. The zero-order valence-corrected chi connectivity index (χ0v) is 23.6. The molecule has 41 heavy (non-hydrogen) atoms. The van der Waals surface area contributed by atoms with Gasteiger partial charge in [-0.3, -0.25) is 4.79 Å². The molecule has 0 spiro atoms. The van der Waals surface area contributed by atoms with Crippen LogP contribution in [0.4, 0.5) is 4.39 Å². The summed E-state index contributed by atoms with van der Waals surface area (Å²) in [7, 11) is 1.60. The predicted molar refractivity (Wildman–Crippen MR) is 157 cm³/mol. The van der Waals surface area contributed by atoms with Crippen molar-refractivity contribution in [2.45, 2.75) is 51.6 Å². The third-order valence-corrected chi connectivity index (χ3v) is 7.74. The SMILES string of the molecule is C=C1/C(F)=C\C=C(\c2c(C)cc(-c3ccc(OC)nc3)cc2C)CCC[C@H]1Oc1ccc2c(c1)OC[C@H]2CC(=O)O. The number of aryl methyl sites for hydroxylation is 2. The second-order valence-electron chi connectivity index (χ2n) is 10.6. The van der Waals surface area contributed by atoms with E-state index in [1.54, 1.807) is 25.4 Å². The van der Waals surface area contributed by atoms with Crippen molar-refractivity contribution < 1.29 is 28.5 Å². The first-order valence-corrected chi connectivity index (χ1v) is 13.8. The normalized spacial score (nSPS) is 21.2. The Morgan fingerprint density at radius 3 is 2.59 bits per heavy atom. The number of carboxylic acid groups (broad SMARTS) is 1. The van der Waals surface area contributed by atoms with Gasteiger partial charge in [-0.2, -0.15) is 0 Å². The molecule has 1 N–H and O–H groups in total. The fourth-order valence-electron chi connectivity index (χ4n) is 5.69. The highest BCUT2D eigenvalue weighted by atomic mass is 19.1. The van der Waals surface area contributed by atoms with Crippen LogP contribution in [0.2, 0.25) is 0 Å². The second kappa shape index (κ2) is 12.0. The summed E-state index contributed by atoms with van der Waals surface area (Å²) in [6.45, 7) is 8.50. The fraction of sp³-hybridized carbons (Fsp3) is 0.294. The van der Waals surface area contributed by atoms with Gasteiger partial charge in [0.2, 0.25) is 5.88 Å². The van der Waals surface area contributed by atoms with Gasteiger partial charge in [0.15, 0.2) is 0 Å². The molecule has 0 fully saturated rings. The van der Waals surface area contributed by atoms with E-state index in [0.29, 0.717) is 36.0 Å². The number of hydrogen-bond donors (Lipinski definition) is 1. The van der Waals surface area contributed by atoms with Gasteiger partial charge in [0.1, 0.15) is 23.4 Å². The van der Waals surface area contributed by atoms with Crippen molar-refractivity contribution in [2.75, 3.05) is 13.7 Å². The van der Waals surface area contributed by atoms with Crippen molar-refractivity contribution in [1.82, 2.24) is 4.98 Å². The lowest BCUT2D eigenvalue weighted by Crippen LogP contribution is -2.19. The number of halogens is 1. The number of carboxylic acids is 1. The molecule has 2 aliphatic rings. The maximum absolute atomic E-state index is 15.3. The summed E-state index contributed by atoms with van der Waals surface area (Å²) in [4.78, 5) is 15.5. The first-order valence-electron chi connectivity index (χ1n) is 13.8. The molecular formula is C34H34FNO5. The van der Waals surface area contributed by atoms with Crippen LogP contribution in [-0.4, -0.2) is 35.9 Å². The average Bonchev–Trinajstić information content (AvgIpc) is 3.36. The van der Waals surface area contributed by atoms with Gasteiger partial charge >= 0.3 is 5.97 Å². The molecule has 6 nitrogen and oxygen atoms in total. The molecular weight excluding hydrogens is 521 g/mol. The number of rotatable bonds is 7. The summed E-state index contributed by atoms with van der Waals surface area (Å²) in [6, 6.07) is 13.5. The fourth-order valence-corrected chi connectivity index (χ4v) is 5.69. The zero-order valence-electron chi connectivity index (χ0n) is 23.6. The molecule has 0 saturated heterocycles. The number of methoxy groups -OCH3 is 1. The highest BCUT2D eigenvalue weighted by molar-refractivity contribution is 5.76. The number of pyridine rings is 1. The Morgan fingerprint density at radius 2 is 1.90 bits per heavy atom. The van der Waals surface area contributed by atoms with Gasteiger partial charge in [0.05, 0.1) is 20.1 Å². The smallest absolute Gasteiger partial charge is 0.304 e. The minimum Gasteiger partial charge on any atom is -0.492 e. The minimum absolute atomic E-state index is 0.0122. The van der Waals surface area contributed by atoms with E-state index in [-0.39, 0.29) is 12.3 Å². The highest BCUT2D eigenvalue weighted by Gasteiger charge is 2.28. The Labute approximate surface area is 239 Å². The molecule has 0 saturated carbocycles. The number of fused-ring (bicyclic) bond motifs is 1. The van der Waals surface area contributed by atoms with Crippen LogP contribution in [0.25, 0.3) is 16.7 Å². The van der Waals surface area contributed by atoms with Crippen molar-refractivity contribution >= 4 is 11.5 Å². The lowest BCUT2D eigenvalue weighted by Gasteiger charge is -2.21. The molecule has 5 rings (SSSR count). The number of hydrogen-bond acceptors (Lipinski definition) is 5. The number of nitrogens with zero attached hydrogens (tertiary/aromatic N) is 1. The first-order chi connectivity index (χ1) is 19.7. The molecule has 0 amide bonds. The zero-order chi connectivity index (χ0) is 29.1. The average molecular weight is 556 g/mol. The molecule has 2 atom stereocenters. The molecule has 1 aliphatic heterocycles. The predicted octanol–water partition coefficient (Wildman–Crippen LogP) is 7.75. The quantitative estimate of drug-likeness (QED) is 0.321. The van der Waals surface area contributed by atoms with Crippen LogP contribution in [0, 0.1) is 13.8 Å². The number of aromatic nitrogens is 1. The Kier molecular flexibility index (Phi) is 8.24. The molecule has 212 valence electrons. The Hall–Kier alpha value is -4.39. The Balaban J connectivity index is 1.32. The number of ether oxygens (including phenoxy) is 3. The molecule has 2 heterocycles. The molecule has 0 unspecified atom stereocenters. The number of benzene rings is 2. The number of carbonyl (C=O) groups is 1. The van der Waals surface area contributed by atoms with Crippen molar-refractivity contribution in [3.8, 4) is 28.5 Å². The van der Waals surface area contributed by atoms with E-state index in [1.807, 2.05) is 24.3 Å². The van der Waals surface area contributed by atoms with E-state index in [1.165, 1.54) is 6.08 Å². The van der Waals surface area contributed by atoms with Crippen LogP contribution in [0.3, 0.4) is 0 Å². The summed E-state index contributed by atoms with van der Waals surface area (Å²) in [5.41, 5.74) is 7.63. The van der Waals surface area contributed by atoms with Crippen molar-refractivity contribution in [1.29, 1.82) is 0 Å². The van der Waals surface area contributed by atoms with E-state index in [4.69, 9.17) is 19.3 Å². The standard InChI is InChI=1S/C34H34FNO5/c1-20-14-25(24-9-13-32(39-4)36-18-24)15-21(2)34(20)23-6-5-7-30(22(3)29(35)12-8-23)41-27-10-11-28-26(16-33(37)38)19-40-31(28)17-27/h8-15,17-18,26,30H,3,5-7,16,19H2,1-2,4H3,(H,37,38)/b23-8+,29-12+/t26-,30-/m1/s1. The van der Waals surface area contributed by atoms with Crippen LogP contribution in [0.5, 0.6) is 17.4 Å².